The van der Waals surface area contributed by atoms with Gasteiger partial charge in [0.15, 0.2) is 0 Å². The Hall–Kier alpha value is -2.43. The van der Waals surface area contributed by atoms with Crippen molar-refractivity contribution >= 4 is 17.4 Å². The van der Waals surface area contributed by atoms with E-state index >= 15 is 0 Å². The van der Waals surface area contributed by atoms with E-state index < -0.39 is 0 Å². The normalized spacial score (nSPS) is 20.4. The van der Waals surface area contributed by atoms with Gasteiger partial charge in [0.2, 0.25) is 5.91 Å². The standard InChI is InChI=1S/C17H20N4O/c1-11-9-19-17(10-18-11)20-15-8-12(2)21(13(3)22)16-7-5-4-6-14(15)16/h4-7,9-10,12,15H,8H2,1-3H3,(H,19,20)/t12-,15+/m0/s1. The second-order valence-corrected chi connectivity index (χ2v) is 5.77. The molecule has 2 atom stereocenters. The van der Waals surface area contributed by atoms with E-state index in [0.29, 0.717) is 0 Å². The number of rotatable bonds is 2. The van der Waals surface area contributed by atoms with E-state index in [1.807, 2.05) is 30.0 Å². The van der Waals surface area contributed by atoms with Crippen molar-refractivity contribution in [2.75, 3.05) is 10.2 Å². The van der Waals surface area contributed by atoms with Crippen LogP contribution >= 0.6 is 0 Å². The van der Waals surface area contributed by atoms with Gasteiger partial charge >= 0.3 is 0 Å². The first-order valence-corrected chi connectivity index (χ1v) is 7.50. The molecule has 5 nitrogen and oxygen atoms in total. The predicted molar refractivity (Wildman–Crippen MR) is 86.8 cm³/mol. The molecule has 5 heteroatoms. The van der Waals surface area contributed by atoms with Crippen LogP contribution in [-0.4, -0.2) is 21.9 Å². The second kappa shape index (κ2) is 5.75. The molecule has 1 aromatic heterocycles. The molecule has 0 bridgehead atoms. The van der Waals surface area contributed by atoms with Crippen molar-refractivity contribution < 1.29 is 4.79 Å². The lowest BCUT2D eigenvalue weighted by Crippen LogP contribution is -2.43. The van der Waals surface area contributed by atoms with Crippen LogP contribution in [0.1, 0.15) is 37.6 Å². The molecule has 22 heavy (non-hydrogen) atoms. The fourth-order valence-corrected chi connectivity index (χ4v) is 3.07. The van der Waals surface area contributed by atoms with Gasteiger partial charge in [-0.1, -0.05) is 18.2 Å². The number of nitrogens with zero attached hydrogens (tertiary/aromatic N) is 3. The largest absolute Gasteiger partial charge is 0.362 e. The summed E-state index contributed by atoms with van der Waals surface area (Å²) in [7, 11) is 0. The van der Waals surface area contributed by atoms with Crippen LogP contribution in [-0.2, 0) is 4.79 Å². The van der Waals surface area contributed by atoms with Crippen LogP contribution in [0.3, 0.4) is 0 Å². The summed E-state index contributed by atoms with van der Waals surface area (Å²) < 4.78 is 0. The zero-order chi connectivity index (χ0) is 15.7. The van der Waals surface area contributed by atoms with Gasteiger partial charge in [0.1, 0.15) is 5.82 Å². The number of hydrogen-bond acceptors (Lipinski definition) is 4. The zero-order valence-corrected chi connectivity index (χ0v) is 13.1. The monoisotopic (exact) mass is 296 g/mol. The highest BCUT2D eigenvalue weighted by atomic mass is 16.2. The van der Waals surface area contributed by atoms with Gasteiger partial charge in [0.25, 0.3) is 0 Å². The quantitative estimate of drug-likeness (QED) is 0.925. The first kappa shape index (κ1) is 14.5. The highest BCUT2D eigenvalue weighted by Crippen LogP contribution is 2.38. The van der Waals surface area contributed by atoms with E-state index in [2.05, 4.69) is 28.3 Å². The summed E-state index contributed by atoms with van der Waals surface area (Å²) in [5, 5.41) is 3.44. The van der Waals surface area contributed by atoms with Crippen LogP contribution in [0.5, 0.6) is 0 Å². The van der Waals surface area contributed by atoms with Crippen molar-refractivity contribution in [2.45, 2.75) is 39.3 Å². The third-order valence-corrected chi connectivity index (χ3v) is 4.03. The van der Waals surface area contributed by atoms with Crippen molar-refractivity contribution in [3.63, 3.8) is 0 Å². The highest BCUT2D eigenvalue weighted by molar-refractivity contribution is 5.93. The summed E-state index contributed by atoms with van der Waals surface area (Å²) in [6.07, 6.45) is 4.34. The molecule has 1 N–H and O–H groups in total. The summed E-state index contributed by atoms with van der Waals surface area (Å²) in [6.45, 7) is 5.61. The first-order valence-electron chi connectivity index (χ1n) is 7.50. The van der Waals surface area contributed by atoms with E-state index in [1.165, 1.54) is 0 Å². The minimum atomic E-state index is 0.0773. The van der Waals surface area contributed by atoms with Crippen molar-refractivity contribution in [3.8, 4) is 0 Å². The number of para-hydroxylation sites is 1. The van der Waals surface area contributed by atoms with E-state index in [1.54, 1.807) is 19.3 Å². The van der Waals surface area contributed by atoms with Crippen LogP contribution in [0.15, 0.2) is 36.7 Å². The molecule has 0 unspecified atom stereocenters. The van der Waals surface area contributed by atoms with Crippen molar-refractivity contribution in [2.24, 2.45) is 0 Å². The molecule has 0 saturated carbocycles. The van der Waals surface area contributed by atoms with E-state index in [-0.39, 0.29) is 18.0 Å². The van der Waals surface area contributed by atoms with Crippen LogP contribution in [0, 0.1) is 6.92 Å². The van der Waals surface area contributed by atoms with E-state index in [0.717, 1.165) is 29.2 Å². The van der Waals surface area contributed by atoms with E-state index in [9.17, 15) is 4.79 Å². The minimum Gasteiger partial charge on any atom is -0.362 e. The summed E-state index contributed by atoms with van der Waals surface area (Å²) in [6, 6.07) is 8.30. The third kappa shape index (κ3) is 2.66. The highest BCUT2D eigenvalue weighted by Gasteiger charge is 2.32. The Morgan fingerprint density at radius 3 is 2.73 bits per heavy atom. The molecule has 1 aromatic carbocycles. The van der Waals surface area contributed by atoms with Gasteiger partial charge in [-0.15, -0.1) is 0 Å². The Bertz CT molecular complexity index is 683. The number of carbonyl (C=O) groups excluding carboxylic acids is 1. The smallest absolute Gasteiger partial charge is 0.224 e. The lowest BCUT2D eigenvalue weighted by atomic mass is 9.91. The molecule has 114 valence electrons. The predicted octanol–water partition coefficient (Wildman–Crippen LogP) is 3.08. The zero-order valence-electron chi connectivity index (χ0n) is 13.1. The molecule has 2 heterocycles. The van der Waals surface area contributed by atoms with Gasteiger partial charge in [0.05, 0.1) is 24.1 Å². The van der Waals surface area contributed by atoms with Crippen molar-refractivity contribution in [3.05, 3.63) is 47.9 Å². The minimum absolute atomic E-state index is 0.0773. The average Bonchev–Trinajstić information content (AvgIpc) is 2.49. The van der Waals surface area contributed by atoms with Gasteiger partial charge < -0.3 is 10.2 Å². The lowest BCUT2D eigenvalue weighted by molar-refractivity contribution is -0.117. The number of anilines is 2. The third-order valence-electron chi connectivity index (χ3n) is 4.03. The Morgan fingerprint density at radius 1 is 1.27 bits per heavy atom. The number of aromatic nitrogens is 2. The second-order valence-electron chi connectivity index (χ2n) is 5.77. The van der Waals surface area contributed by atoms with Gasteiger partial charge in [-0.05, 0) is 31.9 Å². The topological polar surface area (TPSA) is 58.1 Å². The maximum atomic E-state index is 12.0. The van der Waals surface area contributed by atoms with Crippen LogP contribution in [0.2, 0.25) is 0 Å². The Balaban J connectivity index is 1.94. The SMILES string of the molecule is CC(=O)N1c2ccccc2[C@H](Nc2cnc(C)cn2)C[C@@H]1C. The molecule has 0 spiro atoms. The number of fused-ring (bicyclic) bond motifs is 1. The first-order chi connectivity index (χ1) is 10.6. The van der Waals surface area contributed by atoms with Gasteiger partial charge in [-0.2, -0.15) is 0 Å². The summed E-state index contributed by atoms with van der Waals surface area (Å²) >= 11 is 0. The lowest BCUT2D eigenvalue weighted by Gasteiger charge is -2.39. The molecule has 2 aromatic rings. The molecule has 0 fully saturated rings. The molecule has 0 saturated heterocycles. The number of aryl methyl sites for hydroxylation is 1. The molecule has 3 rings (SSSR count). The van der Waals surface area contributed by atoms with Crippen molar-refractivity contribution in [1.29, 1.82) is 0 Å². The summed E-state index contributed by atoms with van der Waals surface area (Å²) in [5.41, 5.74) is 3.00. The summed E-state index contributed by atoms with van der Waals surface area (Å²) in [5.74, 6) is 0.836. The van der Waals surface area contributed by atoms with Crippen LogP contribution in [0.25, 0.3) is 0 Å². The van der Waals surface area contributed by atoms with Gasteiger partial charge in [-0.3, -0.25) is 9.78 Å². The van der Waals surface area contributed by atoms with Crippen LogP contribution in [0.4, 0.5) is 11.5 Å². The van der Waals surface area contributed by atoms with Crippen molar-refractivity contribution in [1.82, 2.24) is 9.97 Å². The molecule has 0 aliphatic carbocycles. The average molecular weight is 296 g/mol. The van der Waals surface area contributed by atoms with Crippen LogP contribution < -0.4 is 10.2 Å². The Kier molecular flexibility index (Phi) is 3.79. The molecule has 1 aliphatic heterocycles. The number of nitrogens with one attached hydrogen (secondary N) is 1. The molecule has 1 aliphatic rings. The Morgan fingerprint density at radius 2 is 2.05 bits per heavy atom. The summed E-state index contributed by atoms with van der Waals surface area (Å²) in [4.78, 5) is 22.5. The number of benzene rings is 1. The maximum absolute atomic E-state index is 12.0. The van der Waals surface area contributed by atoms with E-state index in [4.69, 9.17) is 0 Å². The molecule has 0 radical (unpaired) electrons. The maximum Gasteiger partial charge on any atom is 0.224 e. The number of amides is 1. The number of carbonyl (C=O) groups is 1. The fourth-order valence-electron chi connectivity index (χ4n) is 3.07. The number of hydrogen-bond donors (Lipinski definition) is 1. The molecular formula is C17H20N4O. The Labute approximate surface area is 130 Å². The fraction of sp³-hybridized carbons (Fsp3) is 0.353. The van der Waals surface area contributed by atoms with Gasteiger partial charge in [0, 0.05) is 18.7 Å². The molecule has 1 amide bonds. The molecular weight excluding hydrogens is 276 g/mol. The van der Waals surface area contributed by atoms with Gasteiger partial charge in [-0.25, -0.2) is 4.98 Å².